The van der Waals surface area contributed by atoms with E-state index in [1.165, 1.54) is 5.69 Å². The highest BCUT2D eigenvalue weighted by Gasteiger charge is 2.31. The van der Waals surface area contributed by atoms with Crippen molar-refractivity contribution in [2.24, 2.45) is 0 Å². The van der Waals surface area contributed by atoms with Crippen LogP contribution in [-0.4, -0.2) is 66.8 Å². The number of likely N-dealkylation sites (N-methyl/N-ethyl adjacent to an activating group) is 1. The number of benzene rings is 1. The molecule has 0 spiro atoms. The largest absolute Gasteiger partial charge is 0.369 e. The molecule has 7 heteroatoms. The number of fused-ring (bicyclic) bond motifs is 1. The van der Waals surface area contributed by atoms with Crippen LogP contribution >= 0.6 is 0 Å². The number of carbonyl (C=O) groups excluding carboxylic acids is 3. The molecular formula is C20H28N4O3. The first-order valence-electron chi connectivity index (χ1n) is 9.67. The fourth-order valence-electron chi connectivity index (χ4n) is 3.84. The molecule has 0 aromatic heterocycles. The molecule has 1 aromatic rings. The molecule has 7 nitrogen and oxygen atoms in total. The van der Waals surface area contributed by atoms with E-state index in [2.05, 4.69) is 28.1 Å². The van der Waals surface area contributed by atoms with E-state index >= 15 is 0 Å². The van der Waals surface area contributed by atoms with Crippen molar-refractivity contribution in [2.75, 3.05) is 37.6 Å². The van der Waals surface area contributed by atoms with Gasteiger partial charge in [0.05, 0.1) is 0 Å². The van der Waals surface area contributed by atoms with Crippen molar-refractivity contribution in [2.45, 2.75) is 39.3 Å². The molecule has 1 N–H and O–H groups in total. The van der Waals surface area contributed by atoms with Crippen LogP contribution in [-0.2, 0) is 16.1 Å². The van der Waals surface area contributed by atoms with Crippen LogP contribution in [0.3, 0.4) is 0 Å². The van der Waals surface area contributed by atoms with Gasteiger partial charge >= 0.3 is 0 Å². The Bertz CT molecular complexity index is 713. The Balaban J connectivity index is 1.63. The van der Waals surface area contributed by atoms with Crippen LogP contribution in [0.5, 0.6) is 0 Å². The molecule has 3 amide bonds. The third-order valence-corrected chi connectivity index (χ3v) is 5.65. The zero-order valence-electron chi connectivity index (χ0n) is 16.1. The summed E-state index contributed by atoms with van der Waals surface area (Å²) in [5.74, 6) is -0.287. The SMILES string of the molecule is CCN1CCN(c2ccc3c(c2)CN(C(C)CCC(=O)NC=O)C3=O)CC1. The monoisotopic (exact) mass is 372 g/mol. The normalized spacial score (nSPS) is 18.4. The van der Waals surface area contributed by atoms with Crippen molar-refractivity contribution < 1.29 is 14.4 Å². The van der Waals surface area contributed by atoms with Gasteiger partial charge in [0.2, 0.25) is 12.3 Å². The first-order chi connectivity index (χ1) is 13.0. The Kier molecular flexibility index (Phi) is 6.11. The Morgan fingerprint density at radius 1 is 1.26 bits per heavy atom. The van der Waals surface area contributed by atoms with Gasteiger partial charge in [0.1, 0.15) is 0 Å². The summed E-state index contributed by atoms with van der Waals surface area (Å²) in [4.78, 5) is 41.2. The minimum absolute atomic E-state index is 0.0237. The van der Waals surface area contributed by atoms with Gasteiger partial charge in [0.25, 0.3) is 5.91 Å². The van der Waals surface area contributed by atoms with Gasteiger partial charge in [-0.05, 0) is 43.7 Å². The number of rotatable bonds is 7. The molecule has 0 aliphatic carbocycles. The Hall–Kier alpha value is -2.41. The van der Waals surface area contributed by atoms with Crippen molar-refractivity contribution in [1.29, 1.82) is 0 Å². The lowest BCUT2D eigenvalue weighted by Gasteiger charge is -2.35. The van der Waals surface area contributed by atoms with E-state index in [1.807, 2.05) is 24.0 Å². The molecule has 27 heavy (non-hydrogen) atoms. The Morgan fingerprint density at radius 3 is 2.67 bits per heavy atom. The average Bonchev–Trinajstić information content (AvgIpc) is 3.02. The predicted octanol–water partition coefficient (Wildman–Crippen LogP) is 1.23. The summed E-state index contributed by atoms with van der Waals surface area (Å²) < 4.78 is 0. The lowest BCUT2D eigenvalue weighted by atomic mass is 10.1. The van der Waals surface area contributed by atoms with E-state index < -0.39 is 0 Å². The van der Waals surface area contributed by atoms with Crippen molar-refractivity contribution in [3.8, 4) is 0 Å². The van der Waals surface area contributed by atoms with E-state index in [9.17, 15) is 14.4 Å². The fourth-order valence-corrected chi connectivity index (χ4v) is 3.84. The minimum Gasteiger partial charge on any atom is -0.369 e. The molecule has 2 heterocycles. The number of imide groups is 1. The number of piperazine rings is 1. The molecule has 0 radical (unpaired) electrons. The van der Waals surface area contributed by atoms with Crippen molar-refractivity contribution in [3.05, 3.63) is 29.3 Å². The van der Waals surface area contributed by atoms with Gasteiger partial charge in [-0.1, -0.05) is 6.92 Å². The van der Waals surface area contributed by atoms with Gasteiger partial charge in [0.15, 0.2) is 0 Å². The first kappa shape index (κ1) is 19.4. The van der Waals surface area contributed by atoms with E-state index in [1.54, 1.807) is 0 Å². The number of carbonyl (C=O) groups is 3. The van der Waals surface area contributed by atoms with Crippen molar-refractivity contribution >= 4 is 23.9 Å². The van der Waals surface area contributed by atoms with E-state index in [-0.39, 0.29) is 24.3 Å². The highest BCUT2D eigenvalue weighted by atomic mass is 16.2. The predicted molar refractivity (Wildman–Crippen MR) is 104 cm³/mol. The van der Waals surface area contributed by atoms with Gasteiger partial charge < -0.3 is 14.7 Å². The summed E-state index contributed by atoms with van der Waals surface area (Å²) in [6, 6.07) is 6.06. The molecule has 2 aliphatic rings. The highest BCUT2D eigenvalue weighted by molar-refractivity contribution is 5.99. The standard InChI is InChI=1S/C20H28N4O3/c1-3-22-8-10-23(11-9-22)17-5-6-18-16(12-17)13-24(20(18)27)15(2)4-7-19(26)21-14-25/h5-6,12,14-15H,3-4,7-11,13H2,1-2H3,(H,21,25,26). The molecule has 146 valence electrons. The minimum atomic E-state index is -0.311. The highest BCUT2D eigenvalue weighted by Crippen LogP contribution is 2.30. The maximum atomic E-state index is 12.7. The lowest BCUT2D eigenvalue weighted by molar-refractivity contribution is -0.125. The van der Waals surface area contributed by atoms with E-state index in [0.717, 1.165) is 43.9 Å². The Morgan fingerprint density at radius 2 is 2.00 bits per heavy atom. The van der Waals surface area contributed by atoms with Gasteiger partial charge in [-0.3, -0.25) is 19.7 Å². The molecule has 1 aromatic carbocycles. The van der Waals surface area contributed by atoms with Crippen molar-refractivity contribution in [3.63, 3.8) is 0 Å². The Labute approximate surface area is 160 Å². The second-order valence-corrected chi connectivity index (χ2v) is 7.27. The van der Waals surface area contributed by atoms with Crippen LogP contribution in [0.1, 0.15) is 42.6 Å². The van der Waals surface area contributed by atoms with Crippen LogP contribution in [0.25, 0.3) is 0 Å². The first-order valence-corrected chi connectivity index (χ1v) is 9.67. The third-order valence-electron chi connectivity index (χ3n) is 5.65. The lowest BCUT2D eigenvalue weighted by Crippen LogP contribution is -2.46. The zero-order valence-corrected chi connectivity index (χ0v) is 16.1. The van der Waals surface area contributed by atoms with Crippen LogP contribution in [0.15, 0.2) is 18.2 Å². The molecule has 3 rings (SSSR count). The summed E-state index contributed by atoms with van der Waals surface area (Å²) in [6.07, 6.45) is 1.16. The van der Waals surface area contributed by atoms with E-state index in [0.29, 0.717) is 19.4 Å². The van der Waals surface area contributed by atoms with Crippen LogP contribution < -0.4 is 10.2 Å². The number of hydrogen-bond donors (Lipinski definition) is 1. The smallest absolute Gasteiger partial charge is 0.254 e. The van der Waals surface area contributed by atoms with Crippen LogP contribution in [0.2, 0.25) is 0 Å². The molecule has 0 saturated carbocycles. The van der Waals surface area contributed by atoms with E-state index in [4.69, 9.17) is 0 Å². The number of amides is 3. The molecule has 1 unspecified atom stereocenters. The maximum absolute atomic E-state index is 12.7. The van der Waals surface area contributed by atoms with Crippen LogP contribution in [0, 0.1) is 0 Å². The maximum Gasteiger partial charge on any atom is 0.254 e. The number of nitrogens with zero attached hydrogens (tertiary/aromatic N) is 3. The zero-order chi connectivity index (χ0) is 19.4. The molecule has 2 aliphatic heterocycles. The van der Waals surface area contributed by atoms with Gasteiger partial charge in [-0.15, -0.1) is 0 Å². The van der Waals surface area contributed by atoms with Crippen molar-refractivity contribution in [1.82, 2.24) is 15.1 Å². The van der Waals surface area contributed by atoms with Crippen LogP contribution in [0.4, 0.5) is 5.69 Å². The molecular weight excluding hydrogens is 344 g/mol. The molecule has 1 fully saturated rings. The summed E-state index contributed by atoms with van der Waals surface area (Å²) in [5.41, 5.74) is 2.99. The van der Waals surface area contributed by atoms with Gasteiger partial charge in [0, 0.05) is 56.4 Å². The molecule has 1 saturated heterocycles. The molecule has 0 bridgehead atoms. The van der Waals surface area contributed by atoms with Gasteiger partial charge in [-0.25, -0.2) is 0 Å². The van der Waals surface area contributed by atoms with Gasteiger partial charge in [-0.2, -0.15) is 0 Å². The number of hydrogen-bond acceptors (Lipinski definition) is 5. The number of anilines is 1. The number of nitrogens with one attached hydrogen (secondary N) is 1. The topological polar surface area (TPSA) is 73.0 Å². The third kappa shape index (κ3) is 4.30. The summed E-state index contributed by atoms with van der Waals surface area (Å²) in [5, 5.41) is 2.14. The average molecular weight is 372 g/mol. The molecule has 1 atom stereocenters. The quantitative estimate of drug-likeness (QED) is 0.729. The second-order valence-electron chi connectivity index (χ2n) is 7.27. The fraction of sp³-hybridized carbons (Fsp3) is 0.550. The second kappa shape index (κ2) is 8.52. The summed E-state index contributed by atoms with van der Waals surface area (Å²) in [6.45, 7) is 9.95. The summed E-state index contributed by atoms with van der Waals surface area (Å²) >= 11 is 0. The summed E-state index contributed by atoms with van der Waals surface area (Å²) in [7, 11) is 0.